The van der Waals surface area contributed by atoms with Gasteiger partial charge in [-0.3, -0.25) is 0 Å². The molecule has 42 heavy (non-hydrogen) atoms. The van der Waals surface area contributed by atoms with Crippen molar-refractivity contribution in [3.05, 3.63) is 108 Å². The molecular weight excluding hydrogens is 545 g/mol. The number of thiophene rings is 2. The lowest BCUT2D eigenvalue weighted by Gasteiger charge is -2.18. The maximum absolute atomic E-state index is 2.42. The lowest BCUT2D eigenvalue weighted by atomic mass is 9.85. The van der Waals surface area contributed by atoms with Gasteiger partial charge in [0.05, 0.1) is 0 Å². The van der Waals surface area contributed by atoms with E-state index in [1.165, 1.54) is 117 Å². The van der Waals surface area contributed by atoms with Gasteiger partial charge in [0.1, 0.15) is 0 Å². The van der Waals surface area contributed by atoms with E-state index in [4.69, 9.17) is 0 Å². The summed E-state index contributed by atoms with van der Waals surface area (Å²) in [5.74, 6) is 0. The van der Waals surface area contributed by atoms with Crippen molar-refractivity contribution < 1.29 is 0 Å². The summed E-state index contributed by atoms with van der Waals surface area (Å²) >= 11 is 3.80. The van der Waals surface area contributed by atoms with Crippen LogP contribution in [-0.4, -0.2) is 0 Å². The van der Waals surface area contributed by atoms with Gasteiger partial charge in [0.15, 0.2) is 0 Å². The first-order valence-electron chi connectivity index (χ1n) is 14.5. The van der Waals surface area contributed by atoms with Gasteiger partial charge in [0, 0.05) is 30.9 Å². The van der Waals surface area contributed by atoms with Crippen molar-refractivity contribution in [1.82, 2.24) is 0 Å². The van der Waals surface area contributed by atoms with Crippen LogP contribution in [0.3, 0.4) is 0 Å². The molecule has 0 aliphatic heterocycles. The minimum atomic E-state index is 1.33. The highest BCUT2D eigenvalue weighted by Gasteiger charge is 2.27. The highest BCUT2D eigenvalue weighted by molar-refractivity contribution is 7.21. The highest BCUT2D eigenvalue weighted by Crippen LogP contribution is 2.56. The van der Waals surface area contributed by atoms with Crippen LogP contribution in [0.2, 0.25) is 0 Å². The van der Waals surface area contributed by atoms with Gasteiger partial charge in [0.2, 0.25) is 0 Å². The normalized spacial score (nSPS) is 13.2. The molecule has 190 valence electrons. The third-order valence-corrected chi connectivity index (χ3v) is 12.1. The van der Waals surface area contributed by atoms with Gasteiger partial charge in [-0.1, -0.05) is 84.9 Å². The third kappa shape index (κ3) is 2.10. The Hall–Kier alpha value is -4.76. The summed E-state index contributed by atoms with van der Waals surface area (Å²) in [5, 5.41) is 32.4. The second-order valence-corrected chi connectivity index (χ2v) is 13.7. The monoisotopic (exact) mass is 562 g/mol. The molecule has 0 unspecified atom stereocenters. The molecule has 0 saturated carbocycles. The van der Waals surface area contributed by atoms with Crippen molar-refractivity contribution in [3.63, 3.8) is 0 Å². The van der Waals surface area contributed by atoms with Crippen LogP contribution in [0, 0.1) is 0 Å². The molecule has 0 aliphatic rings. The van der Waals surface area contributed by atoms with Gasteiger partial charge in [-0.25, -0.2) is 0 Å². The Morgan fingerprint density at radius 1 is 0.262 bits per heavy atom. The van der Waals surface area contributed by atoms with Gasteiger partial charge in [-0.05, 0) is 109 Å². The van der Waals surface area contributed by atoms with Gasteiger partial charge in [-0.2, -0.15) is 0 Å². The lowest BCUT2D eigenvalue weighted by molar-refractivity contribution is 1.81. The fourth-order valence-corrected chi connectivity index (χ4v) is 10.8. The topological polar surface area (TPSA) is 0 Å². The van der Waals surface area contributed by atoms with E-state index in [0.29, 0.717) is 0 Å². The molecule has 2 heteroatoms. The quantitative estimate of drug-likeness (QED) is 0.161. The Morgan fingerprint density at radius 3 is 1.21 bits per heavy atom. The van der Waals surface area contributed by atoms with Crippen molar-refractivity contribution in [3.8, 4) is 0 Å². The summed E-state index contributed by atoms with van der Waals surface area (Å²) in [6.07, 6.45) is 0. The minimum Gasteiger partial charge on any atom is -0.143 e. The van der Waals surface area contributed by atoms with Crippen molar-refractivity contribution >= 4 is 140 Å². The van der Waals surface area contributed by atoms with Crippen molar-refractivity contribution in [2.24, 2.45) is 0 Å². The van der Waals surface area contributed by atoms with E-state index in [1.54, 1.807) is 0 Å². The first-order chi connectivity index (χ1) is 20.9. The molecule has 0 N–H and O–H groups in total. The molecule has 0 radical (unpaired) electrons. The highest BCUT2D eigenvalue weighted by atomic mass is 32.1. The van der Waals surface area contributed by atoms with Crippen LogP contribution in [0.5, 0.6) is 0 Å². The summed E-state index contributed by atoms with van der Waals surface area (Å²) in [5.41, 5.74) is 0. The Morgan fingerprint density at radius 2 is 0.667 bits per heavy atom. The number of rotatable bonds is 0. The lowest BCUT2D eigenvalue weighted by Crippen LogP contribution is -1.89. The van der Waals surface area contributed by atoms with Crippen LogP contribution < -0.4 is 0 Å². The Balaban J connectivity index is 1.67. The molecule has 0 saturated heterocycles. The molecule has 2 heterocycles. The van der Waals surface area contributed by atoms with E-state index >= 15 is 0 Å². The van der Waals surface area contributed by atoms with E-state index < -0.39 is 0 Å². The third-order valence-electron chi connectivity index (χ3n) is 10.2. The Kier molecular flexibility index (Phi) is 3.41. The van der Waals surface area contributed by atoms with Crippen LogP contribution in [0.4, 0.5) is 0 Å². The number of fused-ring (bicyclic) bond motifs is 12. The summed E-state index contributed by atoms with van der Waals surface area (Å²) < 4.78 is 2.84. The van der Waals surface area contributed by atoms with Crippen molar-refractivity contribution in [1.29, 1.82) is 0 Å². The fourth-order valence-electron chi connectivity index (χ4n) is 8.75. The van der Waals surface area contributed by atoms with Crippen LogP contribution in [-0.2, 0) is 0 Å². The van der Waals surface area contributed by atoms with E-state index in [0.717, 1.165) is 0 Å². The first kappa shape index (κ1) is 21.0. The van der Waals surface area contributed by atoms with Gasteiger partial charge >= 0.3 is 0 Å². The first-order valence-corrected chi connectivity index (χ1v) is 16.3. The van der Waals surface area contributed by atoms with E-state index in [-0.39, 0.29) is 0 Å². The van der Waals surface area contributed by atoms with Gasteiger partial charge in [-0.15, -0.1) is 22.7 Å². The average Bonchev–Trinajstić information content (AvgIpc) is 3.71. The second-order valence-electron chi connectivity index (χ2n) is 11.9. The molecule has 0 amide bonds. The molecule has 0 fully saturated rings. The zero-order valence-corrected chi connectivity index (χ0v) is 23.8. The molecule has 2 aromatic heterocycles. The zero-order chi connectivity index (χ0) is 26.8. The average molecular weight is 563 g/mol. The van der Waals surface area contributed by atoms with Crippen LogP contribution in [0.1, 0.15) is 0 Å². The summed E-state index contributed by atoms with van der Waals surface area (Å²) in [7, 11) is 0. The van der Waals surface area contributed by atoms with E-state index in [9.17, 15) is 0 Å². The predicted octanol–water partition coefficient (Wildman–Crippen LogP) is 12.8. The van der Waals surface area contributed by atoms with Crippen molar-refractivity contribution in [2.75, 3.05) is 0 Å². The second kappa shape index (κ2) is 6.82. The van der Waals surface area contributed by atoms with E-state index in [1.807, 2.05) is 22.7 Å². The summed E-state index contributed by atoms with van der Waals surface area (Å²) in [6, 6.07) is 37.3. The Labute approximate surface area is 246 Å². The molecule has 0 spiro atoms. The maximum Gasteiger partial charge on any atom is 0.0442 e. The molecular formula is C40H18S2. The molecule has 10 aromatic carbocycles. The van der Waals surface area contributed by atoms with Gasteiger partial charge < -0.3 is 0 Å². The minimum absolute atomic E-state index is 1.33. The number of hydrogen-bond acceptors (Lipinski definition) is 2. The molecule has 0 atom stereocenters. The molecule has 12 rings (SSSR count). The molecule has 0 bridgehead atoms. The van der Waals surface area contributed by atoms with Crippen LogP contribution >= 0.6 is 22.7 Å². The van der Waals surface area contributed by atoms with Crippen molar-refractivity contribution in [2.45, 2.75) is 0 Å². The van der Waals surface area contributed by atoms with Crippen LogP contribution in [0.25, 0.3) is 117 Å². The standard InChI is InChI=1S/C40H18S2/c1-3-7-22-20(5-1)24-11-9-19-10-12-26-28-15-17-41-39(28)38-37-33(26)30(19)32(24)36-31(22)23-8-4-2-6-21(23)25-13-14-27(35(37)34(25)36)29-16-18-42-40(29)38/h1-18H. The predicted molar refractivity (Wildman–Crippen MR) is 188 cm³/mol. The van der Waals surface area contributed by atoms with Gasteiger partial charge in [0.25, 0.3) is 0 Å². The SMILES string of the molecule is c1ccc2c(c1)c1ccc3ccc4c5ccsc5c5c6sccc6c6ccc7c8ccccc8c2c2c1c3c4c5c6c72. The maximum atomic E-state index is 2.42. The van der Waals surface area contributed by atoms with E-state index in [2.05, 4.69) is 108 Å². The smallest absolute Gasteiger partial charge is 0.0442 e. The number of hydrogen-bond donors (Lipinski definition) is 0. The molecule has 0 aliphatic carbocycles. The largest absolute Gasteiger partial charge is 0.143 e. The zero-order valence-electron chi connectivity index (χ0n) is 22.2. The summed E-state index contributed by atoms with van der Waals surface area (Å²) in [6.45, 7) is 0. The molecule has 0 nitrogen and oxygen atoms in total. The van der Waals surface area contributed by atoms with Crippen LogP contribution in [0.15, 0.2) is 108 Å². The number of benzene rings is 9. The molecule has 12 aromatic rings. The Bertz CT molecular complexity index is 3090. The fraction of sp³-hybridized carbons (Fsp3) is 0. The summed E-state index contributed by atoms with van der Waals surface area (Å²) in [4.78, 5) is 0.